The summed E-state index contributed by atoms with van der Waals surface area (Å²) in [6.07, 6.45) is 0.693. The molecule has 10 heteroatoms. The van der Waals surface area contributed by atoms with Crippen LogP contribution in [0.1, 0.15) is 53.0 Å². The lowest BCUT2D eigenvalue weighted by Gasteiger charge is -2.30. The molecule has 0 saturated heterocycles. The maximum Gasteiger partial charge on any atom is 0.252 e. The monoisotopic (exact) mass is 554 g/mol. The highest BCUT2D eigenvalue weighted by atomic mass is 19.1. The van der Waals surface area contributed by atoms with Crippen LogP contribution in [0.5, 0.6) is 11.5 Å². The molecule has 0 amide bonds. The first-order valence-corrected chi connectivity index (χ1v) is 13.6. The zero-order valence-corrected chi connectivity index (χ0v) is 23.2. The number of halogens is 1. The number of tetrazole rings is 1. The Morgan fingerprint density at radius 2 is 1.73 bits per heavy atom. The summed E-state index contributed by atoms with van der Waals surface area (Å²) in [6, 6.07) is 18.1. The first kappa shape index (κ1) is 26.6. The van der Waals surface area contributed by atoms with E-state index in [1.807, 2.05) is 37.3 Å². The molecule has 3 aromatic carbocycles. The van der Waals surface area contributed by atoms with Gasteiger partial charge in [-0.05, 0) is 101 Å². The van der Waals surface area contributed by atoms with E-state index in [9.17, 15) is 9.18 Å². The van der Waals surface area contributed by atoms with Gasteiger partial charge in [-0.3, -0.25) is 9.69 Å². The van der Waals surface area contributed by atoms with Crippen LogP contribution in [0.3, 0.4) is 0 Å². The van der Waals surface area contributed by atoms with Crippen LogP contribution in [-0.2, 0) is 19.6 Å². The highest BCUT2D eigenvalue weighted by Crippen LogP contribution is 2.34. The number of nitrogens with zero attached hydrogens (tertiary/aromatic N) is 5. The molecule has 9 nitrogen and oxygen atoms in total. The number of aromatic nitrogens is 5. The van der Waals surface area contributed by atoms with Crippen molar-refractivity contribution in [1.29, 1.82) is 0 Å². The van der Waals surface area contributed by atoms with E-state index in [0.29, 0.717) is 48.9 Å². The average molecular weight is 555 g/mol. The third kappa shape index (κ3) is 5.55. The summed E-state index contributed by atoms with van der Waals surface area (Å²) < 4.78 is 26.4. The van der Waals surface area contributed by atoms with E-state index in [2.05, 4.69) is 45.3 Å². The fraction of sp³-hybridized carbons (Fsp3) is 0.290. The lowest BCUT2D eigenvalue weighted by atomic mass is 10.0. The molecular weight excluding hydrogens is 523 g/mol. The summed E-state index contributed by atoms with van der Waals surface area (Å²) in [5, 5.41) is 13.6. The Balaban J connectivity index is 1.37. The van der Waals surface area contributed by atoms with Gasteiger partial charge in [0.2, 0.25) is 6.79 Å². The molecule has 5 aromatic rings. The molecule has 2 aromatic heterocycles. The third-order valence-electron chi connectivity index (χ3n) is 7.66. The molecule has 0 fully saturated rings. The quantitative estimate of drug-likeness (QED) is 0.267. The lowest BCUT2D eigenvalue weighted by Crippen LogP contribution is -2.32. The van der Waals surface area contributed by atoms with Gasteiger partial charge in [0.05, 0.1) is 12.6 Å². The molecule has 41 heavy (non-hydrogen) atoms. The van der Waals surface area contributed by atoms with Crippen molar-refractivity contribution in [3.05, 3.63) is 110 Å². The van der Waals surface area contributed by atoms with Crippen LogP contribution in [0.25, 0.3) is 10.9 Å². The Morgan fingerprint density at radius 3 is 2.54 bits per heavy atom. The van der Waals surface area contributed by atoms with E-state index in [4.69, 9.17) is 9.47 Å². The average Bonchev–Trinajstić information content (AvgIpc) is 3.61. The second-order valence-corrected chi connectivity index (χ2v) is 10.5. The molecule has 0 unspecified atom stereocenters. The van der Waals surface area contributed by atoms with Crippen molar-refractivity contribution in [3.8, 4) is 11.5 Å². The molecule has 1 aliphatic heterocycles. The van der Waals surface area contributed by atoms with Crippen LogP contribution in [-0.4, -0.2) is 36.9 Å². The maximum atomic E-state index is 13.5. The largest absolute Gasteiger partial charge is 0.454 e. The zero-order valence-electron chi connectivity index (χ0n) is 23.2. The standard InChI is InChI=1S/C31H31FN6O3/c1-4-27(30-34-35-36-38(30)16-21-5-8-25(32)9-6-21)37(15-22-7-10-28-29(13-22)41-18-40-28)17-24-14-23-11-19(2)20(3)12-26(23)33-31(24)39/h5-14,27H,4,15-18H2,1-3H3,(H,33,39)/t27-/m1/s1. The van der Waals surface area contributed by atoms with Gasteiger partial charge in [-0.2, -0.15) is 0 Å². The number of pyridine rings is 1. The minimum absolute atomic E-state index is 0.128. The van der Waals surface area contributed by atoms with Gasteiger partial charge >= 0.3 is 0 Å². The Bertz CT molecular complexity index is 1760. The van der Waals surface area contributed by atoms with Gasteiger partial charge in [-0.1, -0.05) is 25.1 Å². The smallest absolute Gasteiger partial charge is 0.252 e. The highest BCUT2D eigenvalue weighted by molar-refractivity contribution is 5.80. The van der Waals surface area contributed by atoms with E-state index in [-0.39, 0.29) is 24.2 Å². The van der Waals surface area contributed by atoms with E-state index < -0.39 is 0 Å². The molecule has 0 spiro atoms. The Kier molecular flexibility index (Phi) is 7.23. The number of nitrogens with one attached hydrogen (secondary N) is 1. The van der Waals surface area contributed by atoms with Crippen molar-refractivity contribution in [3.63, 3.8) is 0 Å². The van der Waals surface area contributed by atoms with Gasteiger partial charge in [-0.15, -0.1) is 5.10 Å². The van der Waals surface area contributed by atoms with Crippen molar-refractivity contribution in [2.45, 2.75) is 52.9 Å². The fourth-order valence-corrected chi connectivity index (χ4v) is 5.34. The van der Waals surface area contributed by atoms with Crippen molar-refractivity contribution in [2.75, 3.05) is 6.79 Å². The van der Waals surface area contributed by atoms with Gasteiger partial charge in [0.15, 0.2) is 17.3 Å². The first-order chi connectivity index (χ1) is 19.9. The van der Waals surface area contributed by atoms with Crippen LogP contribution in [0, 0.1) is 19.7 Å². The number of rotatable bonds is 9. The number of H-pyrrole nitrogens is 1. The van der Waals surface area contributed by atoms with E-state index in [0.717, 1.165) is 27.6 Å². The predicted octanol–water partition coefficient (Wildman–Crippen LogP) is 5.20. The van der Waals surface area contributed by atoms with Crippen LogP contribution in [0.15, 0.2) is 65.5 Å². The molecule has 1 N–H and O–H groups in total. The summed E-state index contributed by atoms with van der Waals surface area (Å²) in [4.78, 5) is 18.6. The van der Waals surface area contributed by atoms with Gasteiger partial charge in [0, 0.05) is 24.2 Å². The molecule has 1 aliphatic rings. The number of fused-ring (bicyclic) bond motifs is 2. The summed E-state index contributed by atoms with van der Waals surface area (Å²) in [6.45, 7) is 7.66. The third-order valence-corrected chi connectivity index (χ3v) is 7.66. The second-order valence-electron chi connectivity index (χ2n) is 10.5. The zero-order chi connectivity index (χ0) is 28.5. The summed E-state index contributed by atoms with van der Waals surface area (Å²) >= 11 is 0. The Hall–Kier alpha value is -4.57. The van der Waals surface area contributed by atoms with Crippen LogP contribution in [0.2, 0.25) is 0 Å². The van der Waals surface area contributed by atoms with Crippen molar-refractivity contribution >= 4 is 10.9 Å². The van der Waals surface area contributed by atoms with Crippen molar-refractivity contribution in [1.82, 2.24) is 30.1 Å². The minimum Gasteiger partial charge on any atom is -0.454 e. The van der Waals surface area contributed by atoms with Gasteiger partial charge in [-0.25, -0.2) is 9.07 Å². The number of hydrogen-bond donors (Lipinski definition) is 1. The number of benzene rings is 3. The Morgan fingerprint density at radius 1 is 0.976 bits per heavy atom. The maximum absolute atomic E-state index is 13.5. The summed E-state index contributed by atoms with van der Waals surface area (Å²) in [7, 11) is 0. The molecule has 1 atom stereocenters. The highest BCUT2D eigenvalue weighted by Gasteiger charge is 2.27. The summed E-state index contributed by atoms with van der Waals surface area (Å²) in [5.74, 6) is 1.79. The predicted molar refractivity (Wildman–Crippen MR) is 152 cm³/mol. The number of aryl methyl sites for hydroxylation is 2. The fourth-order valence-electron chi connectivity index (χ4n) is 5.34. The first-order valence-electron chi connectivity index (χ1n) is 13.6. The van der Waals surface area contributed by atoms with E-state index in [1.54, 1.807) is 16.8 Å². The molecule has 0 bridgehead atoms. The summed E-state index contributed by atoms with van der Waals surface area (Å²) in [5.41, 5.74) is 5.53. The lowest BCUT2D eigenvalue weighted by molar-refractivity contribution is 0.161. The van der Waals surface area contributed by atoms with E-state index >= 15 is 0 Å². The normalized spacial score (nSPS) is 13.3. The number of hydrogen-bond acceptors (Lipinski definition) is 7. The molecule has 6 rings (SSSR count). The van der Waals surface area contributed by atoms with E-state index in [1.165, 1.54) is 17.7 Å². The second kappa shape index (κ2) is 11.1. The van der Waals surface area contributed by atoms with Crippen LogP contribution in [0.4, 0.5) is 4.39 Å². The van der Waals surface area contributed by atoms with Crippen LogP contribution < -0.4 is 15.0 Å². The molecule has 0 aliphatic carbocycles. The SMILES string of the molecule is CC[C@H](c1nnnn1Cc1ccc(F)cc1)N(Cc1ccc2c(c1)OCO2)Cc1cc2cc(C)c(C)cc2[nH]c1=O. The van der Waals surface area contributed by atoms with Crippen molar-refractivity contribution in [2.24, 2.45) is 0 Å². The van der Waals surface area contributed by atoms with Crippen LogP contribution >= 0.6 is 0 Å². The molecular formula is C31H31FN6O3. The van der Waals surface area contributed by atoms with Gasteiger partial charge in [0.25, 0.3) is 5.56 Å². The molecule has 0 radical (unpaired) electrons. The molecule has 210 valence electrons. The van der Waals surface area contributed by atoms with Crippen molar-refractivity contribution < 1.29 is 13.9 Å². The molecule has 0 saturated carbocycles. The van der Waals surface area contributed by atoms with Gasteiger partial charge < -0.3 is 14.5 Å². The number of aromatic amines is 1. The Labute approximate surface area is 236 Å². The minimum atomic E-state index is -0.294. The number of ether oxygens (including phenoxy) is 2. The molecule has 3 heterocycles. The van der Waals surface area contributed by atoms with Gasteiger partial charge in [0.1, 0.15) is 5.82 Å². The topological polar surface area (TPSA) is 98.2 Å².